The SMILES string of the molecule is CCN1CCCC1CN1CCC2(CCOCC2)CC1. The number of ether oxygens (including phenoxy) is 1. The molecule has 0 aromatic carbocycles. The van der Waals surface area contributed by atoms with Gasteiger partial charge in [0.15, 0.2) is 0 Å². The monoisotopic (exact) mass is 266 g/mol. The summed E-state index contributed by atoms with van der Waals surface area (Å²) in [5.41, 5.74) is 0.648. The fourth-order valence-corrected chi connectivity index (χ4v) is 4.33. The van der Waals surface area contributed by atoms with Crippen molar-refractivity contribution in [3.63, 3.8) is 0 Å². The molecule has 0 bridgehead atoms. The van der Waals surface area contributed by atoms with Gasteiger partial charge in [-0.3, -0.25) is 4.90 Å². The zero-order valence-electron chi connectivity index (χ0n) is 12.6. The Kier molecular flexibility index (Phi) is 4.45. The molecule has 110 valence electrons. The highest BCUT2D eigenvalue weighted by atomic mass is 16.5. The van der Waals surface area contributed by atoms with Crippen LogP contribution in [0.2, 0.25) is 0 Å². The van der Waals surface area contributed by atoms with E-state index in [1.165, 1.54) is 71.2 Å². The molecule has 19 heavy (non-hydrogen) atoms. The van der Waals surface area contributed by atoms with Gasteiger partial charge in [0.1, 0.15) is 0 Å². The summed E-state index contributed by atoms with van der Waals surface area (Å²) in [6.45, 7) is 10.9. The van der Waals surface area contributed by atoms with Crippen molar-refractivity contribution in [3.8, 4) is 0 Å². The van der Waals surface area contributed by atoms with Crippen molar-refractivity contribution < 1.29 is 4.74 Å². The van der Waals surface area contributed by atoms with Crippen LogP contribution in [-0.2, 0) is 4.74 Å². The zero-order valence-corrected chi connectivity index (χ0v) is 12.6. The molecule has 3 fully saturated rings. The summed E-state index contributed by atoms with van der Waals surface area (Å²) < 4.78 is 5.54. The third-order valence-electron chi connectivity index (χ3n) is 5.84. The lowest BCUT2D eigenvalue weighted by Crippen LogP contribution is -2.47. The van der Waals surface area contributed by atoms with Crippen molar-refractivity contribution >= 4 is 0 Å². The summed E-state index contributed by atoms with van der Waals surface area (Å²) in [7, 11) is 0. The minimum Gasteiger partial charge on any atom is -0.381 e. The van der Waals surface area contributed by atoms with Gasteiger partial charge in [-0.25, -0.2) is 0 Å². The molecular formula is C16H30N2O. The fourth-order valence-electron chi connectivity index (χ4n) is 4.33. The van der Waals surface area contributed by atoms with Gasteiger partial charge in [0.05, 0.1) is 0 Å². The molecule has 0 N–H and O–H groups in total. The molecule has 1 spiro atoms. The van der Waals surface area contributed by atoms with Gasteiger partial charge in [-0.15, -0.1) is 0 Å². The lowest BCUT2D eigenvalue weighted by molar-refractivity contribution is -0.0233. The second-order valence-corrected chi connectivity index (χ2v) is 6.84. The minimum absolute atomic E-state index is 0.648. The van der Waals surface area contributed by atoms with Crippen LogP contribution in [0.3, 0.4) is 0 Å². The molecule has 3 heteroatoms. The molecular weight excluding hydrogens is 236 g/mol. The third kappa shape index (κ3) is 3.14. The van der Waals surface area contributed by atoms with Crippen molar-refractivity contribution in [2.24, 2.45) is 5.41 Å². The van der Waals surface area contributed by atoms with Crippen LogP contribution in [0.4, 0.5) is 0 Å². The van der Waals surface area contributed by atoms with Gasteiger partial charge in [0, 0.05) is 25.8 Å². The Balaban J connectivity index is 1.47. The van der Waals surface area contributed by atoms with E-state index in [0.717, 1.165) is 19.3 Å². The van der Waals surface area contributed by atoms with Crippen molar-refractivity contribution in [1.82, 2.24) is 9.80 Å². The Morgan fingerprint density at radius 3 is 2.47 bits per heavy atom. The first-order valence-electron chi connectivity index (χ1n) is 8.35. The molecule has 3 nitrogen and oxygen atoms in total. The Morgan fingerprint density at radius 2 is 1.79 bits per heavy atom. The van der Waals surface area contributed by atoms with Crippen LogP contribution in [0, 0.1) is 5.41 Å². The standard InChI is InChI=1S/C16H30N2O/c1-2-18-9-3-4-15(18)14-17-10-5-16(6-11-17)7-12-19-13-8-16/h15H,2-14H2,1H3. The Hall–Kier alpha value is -0.120. The molecule has 3 heterocycles. The van der Waals surface area contributed by atoms with E-state index in [0.29, 0.717) is 5.41 Å². The van der Waals surface area contributed by atoms with Crippen LogP contribution in [0.15, 0.2) is 0 Å². The first-order valence-corrected chi connectivity index (χ1v) is 8.35. The number of rotatable bonds is 3. The van der Waals surface area contributed by atoms with E-state index in [-0.39, 0.29) is 0 Å². The van der Waals surface area contributed by atoms with Gasteiger partial charge in [0.2, 0.25) is 0 Å². The quantitative estimate of drug-likeness (QED) is 0.780. The largest absolute Gasteiger partial charge is 0.381 e. The molecule has 1 atom stereocenters. The molecule has 3 aliphatic rings. The minimum atomic E-state index is 0.648. The van der Waals surface area contributed by atoms with Gasteiger partial charge >= 0.3 is 0 Å². The molecule has 3 rings (SSSR count). The van der Waals surface area contributed by atoms with Crippen molar-refractivity contribution in [2.45, 2.75) is 51.5 Å². The number of likely N-dealkylation sites (N-methyl/N-ethyl adjacent to an activating group) is 1. The second-order valence-electron chi connectivity index (χ2n) is 6.84. The summed E-state index contributed by atoms with van der Waals surface area (Å²) in [4.78, 5) is 5.41. The normalized spacial score (nSPS) is 33.0. The van der Waals surface area contributed by atoms with E-state index in [4.69, 9.17) is 4.74 Å². The van der Waals surface area contributed by atoms with Crippen LogP contribution in [-0.4, -0.2) is 61.8 Å². The van der Waals surface area contributed by atoms with E-state index in [1.54, 1.807) is 0 Å². The highest BCUT2D eigenvalue weighted by molar-refractivity contribution is 4.90. The summed E-state index contributed by atoms with van der Waals surface area (Å²) in [6.07, 6.45) is 8.28. The number of hydrogen-bond donors (Lipinski definition) is 0. The molecule has 0 amide bonds. The summed E-state index contributed by atoms with van der Waals surface area (Å²) in [5, 5.41) is 0. The maximum Gasteiger partial charge on any atom is 0.0471 e. The van der Waals surface area contributed by atoms with Crippen LogP contribution < -0.4 is 0 Å². The van der Waals surface area contributed by atoms with Crippen LogP contribution in [0.25, 0.3) is 0 Å². The molecule has 0 aromatic heterocycles. The topological polar surface area (TPSA) is 15.7 Å². The maximum absolute atomic E-state index is 5.54. The molecule has 0 aromatic rings. The first kappa shape index (κ1) is 13.8. The maximum atomic E-state index is 5.54. The van der Waals surface area contributed by atoms with E-state index >= 15 is 0 Å². The number of hydrogen-bond acceptors (Lipinski definition) is 3. The third-order valence-corrected chi connectivity index (χ3v) is 5.84. The Bertz CT molecular complexity index is 278. The van der Waals surface area contributed by atoms with Gasteiger partial charge in [0.25, 0.3) is 0 Å². The van der Waals surface area contributed by atoms with Crippen LogP contribution in [0.1, 0.15) is 45.4 Å². The van der Waals surface area contributed by atoms with E-state index in [9.17, 15) is 0 Å². The number of piperidine rings is 1. The molecule has 1 unspecified atom stereocenters. The molecule has 3 saturated heterocycles. The Labute approximate surface area is 118 Å². The van der Waals surface area contributed by atoms with Gasteiger partial charge in [-0.1, -0.05) is 6.92 Å². The molecule has 0 aliphatic carbocycles. The fraction of sp³-hybridized carbons (Fsp3) is 1.00. The van der Waals surface area contributed by atoms with E-state index < -0.39 is 0 Å². The average molecular weight is 266 g/mol. The highest BCUT2D eigenvalue weighted by Crippen LogP contribution is 2.40. The van der Waals surface area contributed by atoms with Crippen molar-refractivity contribution in [3.05, 3.63) is 0 Å². The average Bonchev–Trinajstić information content (AvgIpc) is 2.90. The summed E-state index contributed by atoms with van der Waals surface area (Å²) >= 11 is 0. The summed E-state index contributed by atoms with van der Waals surface area (Å²) in [5.74, 6) is 0. The molecule has 3 aliphatic heterocycles. The van der Waals surface area contributed by atoms with Crippen LogP contribution >= 0.6 is 0 Å². The van der Waals surface area contributed by atoms with Gasteiger partial charge in [-0.2, -0.15) is 0 Å². The van der Waals surface area contributed by atoms with E-state index in [2.05, 4.69) is 16.7 Å². The summed E-state index contributed by atoms with van der Waals surface area (Å²) in [6, 6.07) is 0.841. The number of likely N-dealkylation sites (tertiary alicyclic amines) is 2. The molecule has 0 saturated carbocycles. The first-order chi connectivity index (χ1) is 9.31. The lowest BCUT2D eigenvalue weighted by atomic mass is 9.72. The predicted octanol–water partition coefficient (Wildman–Crippen LogP) is 2.36. The zero-order chi connectivity index (χ0) is 13.1. The lowest BCUT2D eigenvalue weighted by Gasteiger charge is -2.45. The second kappa shape index (κ2) is 6.11. The predicted molar refractivity (Wildman–Crippen MR) is 78.4 cm³/mol. The van der Waals surface area contributed by atoms with Crippen molar-refractivity contribution in [1.29, 1.82) is 0 Å². The van der Waals surface area contributed by atoms with Crippen LogP contribution in [0.5, 0.6) is 0 Å². The van der Waals surface area contributed by atoms with Crippen molar-refractivity contribution in [2.75, 3.05) is 45.9 Å². The van der Waals surface area contributed by atoms with E-state index in [1.807, 2.05) is 0 Å². The number of nitrogens with zero attached hydrogens (tertiary/aromatic N) is 2. The highest BCUT2D eigenvalue weighted by Gasteiger charge is 2.37. The van der Waals surface area contributed by atoms with Gasteiger partial charge in [-0.05, 0) is 70.1 Å². The molecule has 0 radical (unpaired) electrons. The Morgan fingerprint density at radius 1 is 1.05 bits per heavy atom. The van der Waals surface area contributed by atoms with Gasteiger partial charge < -0.3 is 9.64 Å². The smallest absolute Gasteiger partial charge is 0.0471 e.